The Bertz CT molecular complexity index is 1010. The molecule has 1 saturated heterocycles. The zero-order valence-electron chi connectivity index (χ0n) is 19.0. The Balaban J connectivity index is 1.42. The van der Waals surface area contributed by atoms with Gasteiger partial charge in [0.25, 0.3) is 0 Å². The zero-order chi connectivity index (χ0) is 23.5. The highest BCUT2D eigenvalue weighted by atomic mass is 16.5. The Kier molecular flexibility index (Phi) is 6.67. The third kappa shape index (κ3) is 4.45. The molecule has 33 heavy (non-hydrogen) atoms. The lowest BCUT2D eigenvalue weighted by Crippen LogP contribution is -2.57. The van der Waals surface area contributed by atoms with Crippen molar-refractivity contribution in [2.45, 2.75) is 51.1 Å². The molecule has 2 aromatic rings. The second kappa shape index (κ2) is 9.65. The summed E-state index contributed by atoms with van der Waals surface area (Å²) in [6.07, 6.45) is 1.18. The highest BCUT2D eigenvalue weighted by molar-refractivity contribution is 5.89. The fourth-order valence-electron chi connectivity index (χ4n) is 5.13. The van der Waals surface area contributed by atoms with E-state index in [1.165, 1.54) is 4.90 Å². The van der Waals surface area contributed by atoms with Gasteiger partial charge in [0.05, 0.1) is 0 Å². The molecule has 0 saturated carbocycles. The van der Waals surface area contributed by atoms with E-state index in [1.807, 2.05) is 43.3 Å². The molecule has 2 unspecified atom stereocenters. The number of ether oxygens (including phenoxy) is 1. The van der Waals surface area contributed by atoms with Crippen LogP contribution in [0.2, 0.25) is 0 Å². The Morgan fingerprint density at radius 3 is 2.27 bits per heavy atom. The average molecular weight is 451 g/mol. The summed E-state index contributed by atoms with van der Waals surface area (Å²) in [4.78, 5) is 38.9. The van der Waals surface area contributed by atoms with Gasteiger partial charge in [0.2, 0.25) is 5.91 Å². The zero-order valence-corrected chi connectivity index (χ0v) is 19.0. The van der Waals surface area contributed by atoms with E-state index in [2.05, 4.69) is 17.4 Å². The molecule has 1 aliphatic heterocycles. The van der Waals surface area contributed by atoms with Crippen LogP contribution in [0.25, 0.3) is 11.1 Å². The summed E-state index contributed by atoms with van der Waals surface area (Å²) in [6, 6.07) is 14.5. The monoisotopic (exact) mass is 450 g/mol. The van der Waals surface area contributed by atoms with Crippen LogP contribution in [0.1, 0.15) is 50.2 Å². The largest absolute Gasteiger partial charge is 0.480 e. The Morgan fingerprint density at radius 1 is 1.09 bits per heavy atom. The lowest BCUT2D eigenvalue weighted by Gasteiger charge is -2.39. The molecule has 2 N–H and O–H groups in total. The van der Waals surface area contributed by atoms with Gasteiger partial charge in [-0.1, -0.05) is 62.4 Å². The number of carboxylic acids is 1. The first-order valence-corrected chi connectivity index (χ1v) is 11.6. The van der Waals surface area contributed by atoms with E-state index in [1.54, 1.807) is 6.92 Å². The van der Waals surface area contributed by atoms with Gasteiger partial charge in [0.1, 0.15) is 18.7 Å². The summed E-state index contributed by atoms with van der Waals surface area (Å²) in [5.41, 5.74) is 4.51. The molecule has 2 aromatic carbocycles. The average Bonchev–Trinajstić information content (AvgIpc) is 3.14. The van der Waals surface area contributed by atoms with Crippen LogP contribution < -0.4 is 5.32 Å². The molecule has 1 aliphatic carbocycles. The number of piperidine rings is 1. The van der Waals surface area contributed by atoms with Crippen LogP contribution in [0.5, 0.6) is 0 Å². The van der Waals surface area contributed by atoms with Crippen molar-refractivity contribution >= 4 is 18.0 Å². The van der Waals surface area contributed by atoms with Gasteiger partial charge in [0, 0.05) is 12.5 Å². The summed E-state index contributed by atoms with van der Waals surface area (Å²) < 4.78 is 5.57. The van der Waals surface area contributed by atoms with E-state index in [0.29, 0.717) is 13.0 Å². The van der Waals surface area contributed by atoms with Crippen molar-refractivity contribution in [1.29, 1.82) is 0 Å². The van der Waals surface area contributed by atoms with Crippen molar-refractivity contribution in [2.75, 3.05) is 13.2 Å². The molecule has 0 bridgehead atoms. The van der Waals surface area contributed by atoms with E-state index in [9.17, 15) is 19.5 Å². The minimum Gasteiger partial charge on any atom is -0.480 e. The number of carboxylic acid groups (broad SMARTS) is 1. The van der Waals surface area contributed by atoms with Crippen molar-refractivity contribution in [2.24, 2.45) is 5.92 Å². The Labute approximate surface area is 193 Å². The van der Waals surface area contributed by atoms with Gasteiger partial charge in [-0.25, -0.2) is 9.59 Å². The molecule has 0 aromatic heterocycles. The van der Waals surface area contributed by atoms with Crippen molar-refractivity contribution in [3.05, 3.63) is 59.7 Å². The number of nitrogens with one attached hydrogen (secondary N) is 1. The number of hydrogen-bond acceptors (Lipinski definition) is 4. The summed E-state index contributed by atoms with van der Waals surface area (Å²) >= 11 is 0. The molecule has 2 aliphatic rings. The molecular weight excluding hydrogens is 420 g/mol. The second-order valence-electron chi connectivity index (χ2n) is 8.86. The van der Waals surface area contributed by atoms with Gasteiger partial charge >= 0.3 is 12.1 Å². The summed E-state index contributed by atoms with van der Waals surface area (Å²) in [7, 11) is 0. The van der Waals surface area contributed by atoms with Crippen LogP contribution in [-0.4, -0.2) is 53.2 Å². The molecule has 7 heteroatoms. The van der Waals surface area contributed by atoms with E-state index < -0.39 is 24.1 Å². The maximum absolute atomic E-state index is 13.1. The number of carbonyl (C=O) groups excluding carboxylic acids is 2. The van der Waals surface area contributed by atoms with E-state index >= 15 is 0 Å². The molecule has 0 radical (unpaired) electrons. The predicted octanol–water partition coefficient (Wildman–Crippen LogP) is 4.02. The molecule has 7 nitrogen and oxygen atoms in total. The van der Waals surface area contributed by atoms with Crippen molar-refractivity contribution in [1.82, 2.24) is 10.2 Å². The molecule has 1 fully saturated rings. The van der Waals surface area contributed by atoms with E-state index in [4.69, 9.17) is 4.74 Å². The molecule has 174 valence electrons. The quantitative estimate of drug-likeness (QED) is 0.693. The van der Waals surface area contributed by atoms with Crippen LogP contribution in [0.4, 0.5) is 4.79 Å². The fraction of sp³-hybridized carbons (Fsp3) is 0.423. The highest BCUT2D eigenvalue weighted by Gasteiger charge is 2.39. The number of fused-ring (bicyclic) bond motifs is 3. The number of aliphatic carboxylic acids is 1. The normalized spacial score (nSPS) is 20.5. The van der Waals surface area contributed by atoms with Crippen LogP contribution >= 0.6 is 0 Å². The number of carbonyl (C=O) groups is 3. The van der Waals surface area contributed by atoms with Crippen LogP contribution in [0.3, 0.4) is 0 Å². The second-order valence-corrected chi connectivity index (χ2v) is 8.86. The van der Waals surface area contributed by atoms with Crippen LogP contribution in [0.15, 0.2) is 48.5 Å². The molecule has 1 heterocycles. The number of nitrogens with zero attached hydrogens (tertiary/aromatic N) is 1. The van der Waals surface area contributed by atoms with Gasteiger partial charge in [-0.3, -0.25) is 4.79 Å². The van der Waals surface area contributed by atoms with Gasteiger partial charge in [-0.05, 0) is 47.4 Å². The lowest BCUT2D eigenvalue weighted by molar-refractivity contribution is -0.155. The maximum atomic E-state index is 13.1. The predicted molar refractivity (Wildman–Crippen MR) is 124 cm³/mol. The SMILES string of the molecule is CC[C@@H](NC(=O)OCC1c2ccccc2-c2ccccc21)C(=O)N1CCCC(C)C1C(=O)O. The number of hydrogen-bond donors (Lipinski definition) is 2. The standard InChI is InChI=1S/C26H30N2O5/c1-3-22(24(29)28-14-8-9-16(2)23(28)25(30)31)27-26(32)33-15-21-19-12-6-4-10-17(19)18-11-5-7-13-20(18)21/h4-7,10-13,16,21-23H,3,8-9,14-15H2,1-2H3,(H,27,32)(H,30,31)/t16?,22-,23?/m1/s1. The molecule has 0 spiro atoms. The summed E-state index contributed by atoms with van der Waals surface area (Å²) in [5, 5.41) is 12.3. The van der Waals surface area contributed by atoms with Gasteiger partial charge < -0.3 is 20.1 Å². The molecule has 3 atom stereocenters. The number of likely N-dealkylation sites (tertiary alicyclic amines) is 1. The van der Waals surface area contributed by atoms with Crippen LogP contribution in [0, 0.1) is 5.92 Å². The Morgan fingerprint density at radius 2 is 1.70 bits per heavy atom. The molecule has 4 rings (SSSR count). The smallest absolute Gasteiger partial charge is 0.407 e. The first-order valence-electron chi connectivity index (χ1n) is 11.6. The number of rotatable bonds is 6. The first kappa shape index (κ1) is 22.8. The topological polar surface area (TPSA) is 95.9 Å². The maximum Gasteiger partial charge on any atom is 0.407 e. The van der Waals surface area contributed by atoms with Crippen LogP contribution in [-0.2, 0) is 14.3 Å². The van der Waals surface area contributed by atoms with Crippen molar-refractivity contribution < 1.29 is 24.2 Å². The number of alkyl carbamates (subject to hydrolysis) is 1. The molecule has 2 amide bonds. The minimum absolute atomic E-state index is 0.0711. The lowest BCUT2D eigenvalue weighted by atomic mass is 9.90. The fourth-order valence-corrected chi connectivity index (χ4v) is 5.13. The third-order valence-corrected chi connectivity index (χ3v) is 6.81. The van der Waals surface area contributed by atoms with E-state index in [-0.39, 0.29) is 24.3 Å². The molecular formula is C26H30N2O5. The van der Waals surface area contributed by atoms with Gasteiger partial charge in [-0.15, -0.1) is 0 Å². The number of benzene rings is 2. The van der Waals surface area contributed by atoms with E-state index in [0.717, 1.165) is 35.1 Å². The van der Waals surface area contributed by atoms with Gasteiger partial charge in [0.15, 0.2) is 0 Å². The minimum atomic E-state index is -1.01. The number of amides is 2. The summed E-state index contributed by atoms with van der Waals surface area (Å²) in [5.74, 6) is -1.58. The first-order chi connectivity index (χ1) is 15.9. The third-order valence-electron chi connectivity index (χ3n) is 6.81. The summed E-state index contributed by atoms with van der Waals surface area (Å²) in [6.45, 7) is 4.17. The van der Waals surface area contributed by atoms with Crippen molar-refractivity contribution in [3.63, 3.8) is 0 Å². The van der Waals surface area contributed by atoms with Gasteiger partial charge in [-0.2, -0.15) is 0 Å². The highest BCUT2D eigenvalue weighted by Crippen LogP contribution is 2.44. The Hall–Kier alpha value is -3.35. The van der Waals surface area contributed by atoms with Crippen molar-refractivity contribution in [3.8, 4) is 11.1 Å².